The van der Waals surface area contributed by atoms with Crippen LogP contribution in [-0.4, -0.2) is 37.7 Å². The number of carbonyl (C=O) groups excluding carboxylic acids is 3. The van der Waals surface area contributed by atoms with Crippen LogP contribution in [-0.2, 0) is 16.0 Å². The van der Waals surface area contributed by atoms with Gasteiger partial charge < -0.3 is 16.4 Å². The van der Waals surface area contributed by atoms with Crippen molar-refractivity contribution < 1.29 is 14.4 Å². The topological polar surface area (TPSA) is 101 Å². The van der Waals surface area contributed by atoms with E-state index in [1.54, 1.807) is 24.3 Å². The molecule has 0 saturated carbocycles. The van der Waals surface area contributed by atoms with Gasteiger partial charge in [0.15, 0.2) is 0 Å². The average Bonchev–Trinajstić information content (AvgIpc) is 2.84. The highest BCUT2D eigenvalue weighted by Crippen LogP contribution is 2.23. The first kappa shape index (κ1) is 27.5. The maximum Gasteiger partial charge on any atom is 0.287 e. The number of hydrogen-bond acceptors (Lipinski definition) is 4. The molecule has 7 heteroatoms. The van der Waals surface area contributed by atoms with Crippen molar-refractivity contribution in [2.24, 2.45) is 5.73 Å². The van der Waals surface area contributed by atoms with Gasteiger partial charge in [-0.05, 0) is 44.3 Å². The third kappa shape index (κ3) is 8.52. The summed E-state index contributed by atoms with van der Waals surface area (Å²) < 4.78 is 0. The van der Waals surface area contributed by atoms with E-state index in [1.807, 2.05) is 81.7 Å². The van der Waals surface area contributed by atoms with E-state index in [2.05, 4.69) is 10.6 Å². The van der Waals surface area contributed by atoms with Gasteiger partial charge in [0.25, 0.3) is 11.8 Å². The molecule has 0 aliphatic rings. The van der Waals surface area contributed by atoms with E-state index in [1.165, 1.54) is 0 Å². The first-order chi connectivity index (χ1) is 16.8. The fourth-order valence-electron chi connectivity index (χ4n) is 3.23. The van der Waals surface area contributed by atoms with Crippen molar-refractivity contribution in [3.8, 4) is 0 Å². The molecule has 0 spiro atoms. The fraction of sp³-hybridized carbons (Fsp3) is 0.179. The molecule has 0 aliphatic heterocycles. The number of ketones is 1. The molecular weight excluding hydrogens is 462 g/mol. The molecule has 0 aliphatic carbocycles. The Hall–Kier alpha value is -3.74. The second-order valence-corrected chi connectivity index (χ2v) is 8.30. The molecule has 0 radical (unpaired) electrons. The molecule has 0 fully saturated rings. The van der Waals surface area contributed by atoms with Crippen molar-refractivity contribution in [2.75, 3.05) is 14.1 Å². The lowest BCUT2D eigenvalue weighted by Gasteiger charge is -2.17. The smallest absolute Gasteiger partial charge is 0.287 e. The van der Waals surface area contributed by atoms with Gasteiger partial charge in [0.05, 0.1) is 0 Å². The summed E-state index contributed by atoms with van der Waals surface area (Å²) in [6.45, 7) is 2.00. The van der Waals surface area contributed by atoms with Crippen LogP contribution in [0.2, 0.25) is 5.02 Å². The molecule has 3 aromatic rings. The van der Waals surface area contributed by atoms with Gasteiger partial charge in [-0.3, -0.25) is 14.4 Å². The van der Waals surface area contributed by atoms with E-state index in [0.717, 1.165) is 16.7 Å². The lowest BCUT2D eigenvalue weighted by Crippen LogP contribution is -2.47. The Balaban J connectivity index is 0.00000137. The minimum Gasteiger partial charge on any atom is -0.363 e. The predicted octanol–water partition coefficient (Wildman–Crippen LogP) is 4.05. The molecule has 0 aromatic heterocycles. The number of halogens is 1. The van der Waals surface area contributed by atoms with E-state index in [4.69, 9.17) is 17.3 Å². The molecule has 3 aromatic carbocycles. The van der Waals surface area contributed by atoms with Gasteiger partial charge in [-0.2, -0.15) is 0 Å². The van der Waals surface area contributed by atoms with Crippen molar-refractivity contribution in [1.82, 2.24) is 10.6 Å². The number of primary amides is 1. The van der Waals surface area contributed by atoms with E-state index in [9.17, 15) is 14.4 Å². The molecule has 0 bridgehead atoms. The number of rotatable bonds is 8. The van der Waals surface area contributed by atoms with Gasteiger partial charge >= 0.3 is 0 Å². The first-order valence-corrected chi connectivity index (χ1v) is 11.4. The lowest BCUT2D eigenvalue weighted by molar-refractivity contribution is -0.137. The van der Waals surface area contributed by atoms with Gasteiger partial charge in [-0.25, -0.2) is 0 Å². The molecule has 6 nitrogen and oxygen atoms in total. The Morgan fingerprint density at radius 2 is 1.54 bits per heavy atom. The van der Waals surface area contributed by atoms with Crippen LogP contribution in [0.1, 0.15) is 32.6 Å². The highest BCUT2D eigenvalue weighted by Gasteiger charge is 2.26. The number of benzene rings is 3. The summed E-state index contributed by atoms with van der Waals surface area (Å²) in [6, 6.07) is 20.9. The third-order valence-corrected chi connectivity index (χ3v) is 5.29. The molecule has 1 atom stereocenters. The summed E-state index contributed by atoms with van der Waals surface area (Å²) in [6.07, 6.45) is 3.75. The van der Waals surface area contributed by atoms with Crippen LogP contribution in [0.5, 0.6) is 0 Å². The fourth-order valence-corrected chi connectivity index (χ4v) is 3.47. The zero-order valence-electron chi connectivity index (χ0n) is 20.0. The van der Waals surface area contributed by atoms with E-state index in [-0.39, 0.29) is 12.0 Å². The Labute approximate surface area is 211 Å². The van der Waals surface area contributed by atoms with Gasteiger partial charge in [0.1, 0.15) is 6.04 Å². The predicted molar refractivity (Wildman–Crippen MR) is 142 cm³/mol. The molecule has 0 heterocycles. The summed E-state index contributed by atoms with van der Waals surface area (Å²) in [7, 11) is 3.75. The average molecular weight is 492 g/mol. The van der Waals surface area contributed by atoms with Crippen LogP contribution in [0, 0.1) is 6.92 Å². The normalized spacial score (nSPS) is 11.3. The van der Waals surface area contributed by atoms with Crippen molar-refractivity contribution in [1.29, 1.82) is 0 Å². The quantitative estimate of drug-likeness (QED) is 0.327. The monoisotopic (exact) mass is 491 g/mol. The zero-order valence-corrected chi connectivity index (χ0v) is 20.8. The van der Waals surface area contributed by atoms with Crippen LogP contribution in [0.15, 0.2) is 72.8 Å². The van der Waals surface area contributed by atoms with Crippen LogP contribution in [0.4, 0.5) is 0 Å². The molecule has 1 unspecified atom stereocenters. The second kappa shape index (κ2) is 13.8. The van der Waals surface area contributed by atoms with Gasteiger partial charge in [-0.1, -0.05) is 90.0 Å². The maximum atomic E-state index is 13.1. The summed E-state index contributed by atoms with van der Waals surface area (Å²) in [5.74, 6) is -2.48. The number of carbonyl (C=O) groups is 3. The van der Waals surface area contributed by atoms with Crippen molar-refractivity contribution in [2.45, 2.75) is 19.4 Å². The Morgan fingerprint density at radius 1 is 0.914 bits per heavy atom. The lowest BCUT2D eigenvalue weighted by atomic mass is 10.00. The number of nitrogens with two attached hydrogens (primary N) is 1. The highest BCUT2D eigenvalue weighted by atomic mass is 35.5. The maximum absolute atomic E-state index is 13.1. The molecular formula is C28H30ClN3O3. The standard InChI is InChI=1S/C26H23ClN2O3.C2H7N/c1-17-10-12-18(13-11-17)14-15-20-21(8-5-9-22(20)27)26(32)29-23(24(30)25(28)31)16-19-6-3-2-4-7-19;1-3-2/h2-15,23H,16H2,1H3,(H2,28,31)(H,29,32);3H,1-2H3. The summed E-state index contributed by atoms with van der Waals surface area (Å²) in [4.78, 5) is 37.0. The third-order valence-electron chi connectivity index (χ3n) is 4.96. The summed E-state index contributed by atoms with van der Waals surface area (Å²) >= 11 is 6.37. The first-order valence-electron chi connectivity index (χ1n) is 11.1. The van der Waals surface area contributed by atoms with Gasteiger partial charge in [-0.15, -0.1) is 0 Å². The summed E-state index contributed by atoms with van der Waals surface area (Å²) in [5, 5.41) is 5.79. The van der Waals surface area contributed by atoms with Crippen molar-refractivity contribution >= 4 is 41.4 Å². The Kier molecular flexibility index (Phi) is 10.9. The Morgan fingerprint density at radius 3 is 2.14 bits per heavy atom. The van der Waals surface area contributed by atoms with Gasteiger partial charge in [0, 0.05) is 22.6 Å². The van der Waals surface area contributed by atoms with Crippen LogP contribution in [0.25, 0.3) is 12.2 Å². The van der Waals surface area contributed by atoms with Gasteiger partial charge in [0.2, 0.25) is 5.78 Å². The largest absolute Gasteiger partial charge is 0.363 e. The van der Waals surface area contributed by atoms with Crippen molar-refractivity contribution in [3.05, 3.63) is 106 Å². The van der Waals surface area contributed by atoms with E-state index >= 15 is 0 Å². The van der Waals surface area contributed by atoms with E-state index in [0.29, 0.717) is 10.6 Å². The van der Waals surface area contributed by atoms with Crippen LogP contribution < -0.4 is 16.4 Å². The number of amides is 2. The summed E-state index contributed by atoms with van der Waals surface area (Å²) in [5.41, 5.74) is 8.89. The highest BCUT2D eigenvalue weighted by molar-refractivity contribution is 6.38. The minimum absolute atomic E-state index is 0.142. The van der Waals surface area contributed by atoms with Crippen molar-refractivity contribution in [3.63, 3.8) is 0 Å². The minimum atomic E-state index is -1.10. The molecule has 3 rings (SSSR count). The van der Waals surface area contributed by atoms with E-state index < -0.39 is 23.6 Å². The number of Topliss-reactive ketones (excluding diaryl/α,β-unsaturated/α-hetero) is 1. The molecule has 0 saturated heterocycles. The van der Waals surface area contributed by atoms with Crippen LogP contribution in [0.3, 0.4) is 0 Å². The number of aryl methyl sites for hydroxylation is 1. The SMILES string of the molecule is CNC.Cc1ccc(C=Cc2c(Cl)cccc2C(=O)NC(Cc2ccccc2)C(=O)C(N)=O)cc1. The molecule has 35 heavy (non-hydrogen) atoms. The molecule has 2 amide bonds. The number of nitrogens with one attached hydrogen (secondary N) is 2. The molecule has 182 valence electrons. The Bertz CT molecular complexity index is 1180. The molecule has 4 N–H and O–H groups in total. The zero-order chi connectivity index (χ0) is 25.8. The van der Waals surface area contributed by atoms with Crippen LogP contribution >= 0.6 is 11.6 Å². The second-order valence-electron chi connectivity index (χ2n) is 7.89. The number of hydrogen-bond donors (Lipinski definition) is 3.